The third-order valence-electron chi connectivity index (χ3n) is 2.71. The molecule has 16 heavy (non-hydrogen) atoms. The van der Waals surface area contributed by atoms with Gasteiger partial charge in [-0.3, -0.25) is 4.79 Å². The van der Waals surface area contributed by atoms with Crippen molar-refractivity contribution in [2.24, 2.45) is 11.0 Å². The molecule has 4 nitrogen and oxygen atoms in total. The Morgan fingerprint density at radius 1 is 1.56 bits per heavy atom. The number of carbonyl (C=O) groups excluding carboxylic acids is 1. The zero-order chi connectivity index (χ0) is 12.1. The summed E-state index contributed by atoms with van der Waals surface area (Å²) in [6, 6.07) is 0. The molecule has 0 radical (unpaired) electrons. The van der Waals surface area contributed by atoms with E-state index in [1.165, 1.54) is 6.92 Å². The van der Waals surface area contributed by atoms with Gasteiger partial charge in [-0.2, -0.15) is 23.3 Å². The highest BCUT2D eigenvalue weighted by Gasteiger charge is 2.63. The van der Waals surface area contributed by atoms with Crippen LogP contribution in [0.15, 0.2) is 5.10 Å². The number of alkyl halides is 3. The van der Waals surface area contributed by atoms with Crippen LogP contribution in [0.5, 0.6) is 0 Å². The standard InChI is InChI=1S/C9H11F3N2O2/c1-5-4-8(16,9(10,11)12)14(13-5)7(15)6-2-3-6/h6,16H,2-4H2,1H3. The van der Waals surface area contributed by atoms with Crippen LogP contribution in [0.3, 0.4) is 0 Å². The molecule has 0 saturated heterocycles. The summed E-state index contributed by atoms with van der Waals surface area (Å²) in [4.78, 5) is 11.6. The van der Waals surface area contributed by atoms with Gasteiger partial charge in [0.1, 0.15) is 0 Å². The van der Waals surface area contributed by atoms with Crippen molar-refractivity contribution >= 4 is 11.6 Å². The fraction of sp³-hybridized carbons (Fsp3) is 0.778. The summed E-state index contributed by atoms with van der Waals surface area (Å²) < 4.78 is 38.1. The zero-order valence-electron chi connectivity index (χ0n) is 8.58. The summed E-state index contributed by atoms with van der Waals surface area (Å²) in [6.07, 6.45) is -4.43. The number of rotatable bonds is 1. The maximum atomic E-state index is 12.7. The minimum atomic E-state index is -4.89. The van der Waals surface area contributed by atoms with Gasteiger partial charge in [0.2, 0.25) is 5.91 Å². The van der Waals surface area contributed by atoms with Crippen LogP contribution in [-0.2, 0) is 4.79 Å². The van der Waals surface area contributed by atoms with Gasteiger partial charge in [-0.05, 0) is 19.8 Å². The molecule has 0 aromatic heterocycles. The molecule has 0 aromatic rings. The van der Waals surface area contributed by atoms with Crippen LogP contribution < -0.4 is 0 Å². The Balaban J connectivity index is 2.29. The van der Waals surface area contributed by atoms with Crippen molar-refractivity contribution in [2.75, 3.05) is 0 Å². The normalized spacial score (nSPS) is 30.6. The number of amides is 1. The maximum absolute atomic E-state index is 12.7. The molecule has 90 valence electrons. The molecule has 1 saturated carbocycles. The summed E-state index contributed by atoms with van der Waals surface area (Å²) in [5.74, 6) is -1.15. The third kappa shape index (κ3) is 1.59. The van der Waals surface area contributed by atoms with Gasteiger partial charge in [-0.1, -0.05) is 0 Å². The summed E-state index contributed by atoms with van der Waals surface area (Å²) in [6.45, 7) is 1.36. The van der Waals surface area contributed by atoms with Crippen molar-refractivity contribution in [1.82, 2.24) is 5.01 Å². The number of hydrogen-bond donors (Lipinski definition) is 1. The molecular weight excluding hydrogens is 225 g/mol. The first-order valence-electron chi connectivity index (χ1n) is 4.93. The molecule has 1 unspecified atom stereocenters. The van der Waals surface area contributed by atoms with Gasteiger partial charge < -0.3 is 5.11 Å². The van der Waals surface area contributed by atoms with E-state index in [1.807, 2.05) is 0 Å². The van der Waals surface area contributed by atoms with E-state index in [4.69, 9.17) is 0 Å². The lowest BCUT2D eigenvalue weighted by Gasteiger charge is -2.32. The molecule has 0 aromatic carbocycles. The van der Waals surface area contributed by atoms with Gasteiger partial charge in [0.25, 0.3) is 5.72 Å². The summed E-state index contributed by atoms with van der Waals surface area (Å²) in [7, 11) is 0. The second-order valence-corrected chi connectivity index (χ2v) is 4.25. The van der Waals surface area contributed by atoms with Crippen molar-refractivity contribution < 1.29 is 23.1 Å². The second kappa shape index (κ2) is 3.19. The molecule has 1 aliphatic heterocycles. The first kappa shape index (κ1) is 11.4. The lowest BCUT2D eigenvalue weighted by atomic mass is 10.1. The van der Waals surface area contributed by atoms with E-state index in [0.29, 0.717) is 12.8 Å². The minimum Gasteiger partial charge on any atom is -0.362 e. The van der Waals surface area contributed by atoms with E-state index in [1.54, 1.807) is 0 Å². The predicted octanol–water partition coefficient (Wildman–Crippen LogP) is 1.26. The Bertz CT molecular complexity index is 362. The highest BCUT2D eigenvalue weighted by molar-refractivity contribution is 5.90. The third-order valence-corrected chi connectivity index (χ3v) is 2.71. The highest BCUT2D eigenvalue weighted by Crippen LogP contribution is 2.43. The first-order valence-corrected chi connectivity index (χ1v) is 4.93. The van der Waals surface area contributed by atoms with E-state index >= 15 is 0 Å². The highest BCUT2D eigenvalue weighted by atomic mass is 19.4. The Kier molecular flexibility index (Phi) is 2.27. The Labute approximate surface area is 89.7 Å². The Morgan fingerprint density at radius 3 is 2.56 bits per heavy atom. The molecule has 1 atom stereocenters. The van der Waals surface area contributed by atoms with Crippen molar-refractivity contribution in [3.05, 3.63) is 0 Å². The van der Waals surface area contributed by atoms with Gasteiger partial charge >= 0.3 is 6.18 Å². The number of aliphatic hydroxyl groups is 1. The molecule has 1 heterocycles. The van der Waals surface area contributed by atoms with E-state index in [2.05, 4.69) is 5.10 Å². The van der Waals surface area contributed by atoms with Crippen molar-refractivity contribution in [2.45, 2.75) is 38.1 Å². The number of nitrogens with zero attached hydrogens (tertiary/aromatic N) is 2. The predicted molar refractivity (Wildman–Crippen MR) is 48.3 cm³/mol. The molecule has 1 N–H and O–H groups in total. The van der Waals surface area contributed by atoms with Crippen molar-refractivity contribution in [1.29, 1.82) is 0 Å². The average molecular weight is 236 g/mol. The van der Waals surface area contributed by atoms with Crippen molar-refractivity contribution in [3.63, 3.8) is 0 Å². The second-order valence-electron chi connectivity index (χ2n) is 4.25. The van der Waals surface area contributed by atoms with Crippen LogP contribution in [0.2, 0.25) is 0 Å². The minimum absolute atomic E-state index is 0.105. The van der Waals surface area contributed by atoms with Gasteiger partial charge in [0, 0.05) is 18.1 Å². The fourth-order valence-electron chi connectivity index (χ4n) is 1.68. The Morgan fingerprint density at radius 2 is 2.12 bits per heavy atom. The summed E-state index contributed by atoms with van der Waals surface area (Å²) >= 11 is 0. The number of hydrogen-bond acceptors (Lipinski definition) is 3. The number of hydrazone groups is 1. The van der Waals surface area contributed by atoms with Crippen molar-refractivity contribution in [3.8, 4) is 0 Å². The van der Waals surface area contributed by atoms with Crippen LogP contribution in [0.4, 0.5) is 13.2 Å². The van der Waals surface area contributed by atoms with Gasteiger partial charge in [0.05, 0.1) is 0 Å². The fourth-order valence-corrected chi connectivity index (χ4v) is 1.68. The number of halogens is 3. The molecule has 0 bridgehead atoms. The lowest BCUT2D eigenvalue weighted by Crippen LogP contribution is -2.57. The number of carbonyl (C=O) groups is 1. The molecule has 7 heteroatoms. The molecule has 2 rings (SSSR count). The molecular formula is C9H11F3N2O2. The topological polar surface area (TPSA) is 52.9 Å². The zero-order valence-corrected chi connectivity index (χ0v) is 8.58. The van der Waals surface area contributed by atoms with Crippen LogP contribution >= 0.6 is 0 Å². The largest absolute Gasteiger partial charge is 0.438 e. The average Bonchev–Trinajstić information content (AvgIpc) is 2.90. The van der Waals surface area contributed by atoms with Crippen LogP contribution in [0.25, 0.3) is 0 Å². The van der Waals surface area contributed by atoms with E-state index in [-0.39, 0.29) is 10.7 Å². The van der Waals surface area contributed by atoms with Gasteiger partial charge in [0.15, 0.2) is 0 Å². The lowest BCUT2D eigenvalue weighted by molar-refractivity contribution is -0.302. The maximum Gasteiger partial charge on any atom is 0.438 e. The smallest absolute Gasteiger partial charge is 0.362 e. The first-order chi connectivity index (χ1) is 7.25. The van der Waals surface area contributed by atoms with Crippen LogP contribution in [0, 0.1) is 5.92 Å². The molecule has 1 amide bonds. The van der Waals surface area contributed by atoms with Gasteiger partial charge in [-0.15, -0.1) is 0 Å². The Hall–Kier alpha value is -1.11. The van der Waals surface area contributed by atoms with E-state index in [0.717, 1.165) is 0 Å². The monoisotopic (exact) mass is 236 g/mol. The van der Waals surface area contributed by atoms with Crippen LogP contribution in [-0.4, -0.2) is 33.6 Å². The SMILES string of the molecule is CC1=NN(C(=O)C2CC2)C(O)(C(F)(F)F)C1. The van der Waals surface area contributed by atoms with E-state index < -0.39 is 30.1 Å². The van der Waals surface area contributed by atoms with E-state index in [9.17, 15) is 23.1 Å². The molecule has 0 spiro atoms. The quantitative estimate of drug-likeness (QED) is 0.745. The van der Waals surface area contributed by atoms with Crippen LogP contribution in [0.1, 0.15) is 26.2 Å². The molecule has 1 aliphatic carbocycles. The summed E-state index contributed by atoms with van der Waals surface area (Å²) in [5.41, 5.74) is -3.05. The molecule has 2 aliphatic rings. The summed E-state index contributed by atoms with van der Waals surface area (Å²) in [5, 5.41) is 13.3. The van der Waals surface area contributed by atoms with Gasteiger partial charge in [-0.25, -0.2) is 0 Å². The molecule has 1 fully saturated rings.